The van der Waals surface area contributed by atoms with E-state index in [0.717, 1.165) is 25.3 Å². The lowest BCUT2D eigenvalue weighted by molar-refractivity contribution is 0.315. The normalized spacial score (nSPS) is 11.3. The maximum atomic E-state index is 4.37. The van der Waals surface area contributed by atoms with Crippen molar-refractivity contribution in [3.63, 3.8) is 0 Å². The molecule has 0 aliphatic carbocycles. The van der Waals surface area contributed by atoms with Gasteiger partial charge in [0.15, 0.2) is 0 Å². The van der Waals surface area contributed by atoms with Crippen molar-refractivity contribution in [1.82, 2.24) is 15.2 Å². The van der Waals surface area contributed by atoms with E-state index >= 15 is 0 Å². The lowest BCUT2D eigenvalue weighted by Crippen LogP contribution is -2.21. The zero-order chi connectivity index (χ0) is 15.1. The van der Waals surface area contributed by atoms with Crippen LogP contribution in [0.3, 0.4) is 0 Å². The topological polar surface area (TPSA) is 28.2 Å². The molecule has 21 heavy (non-hydrogen) atoms. The summed E-state index contributed by atoms with van der Waals surface area (Å²) in [7, 11) is 2.13. The first-order valence-corrected chi connectivity index (χ1v) is 7.53. The van der Waals surface area contributed by atoms with Gasteiger partial charge in [-0.25, -0.2) is 0 Å². The minimum atomic E-state index is 0.522. The fourth-order valence-corrected chi connectivity index (χ4v) is 2.22. The molecule has 1 aromatic heterocycles. The van der Waals surface area contributed by atoms with Crippen molar-refractivity contribution in [2.45, 2.75) is 39.5 Å². The number of nitrogens with one attached hydrogen (secondary N) is 1. The summed E-state index contributed by atoms with van der Waals surface area (Å²) in [5, 5.41) is 3.44. The summed E-state index contributed by atoms with van der Waals surface area (Å²) in [6.07, 6.45) is 1.85. The highest BCUT2D eigenvalue weighted by molar-refractivity contribution is 5.22. The van der Waals surface area contributed by atoms with Crippen LogP contribution in [-0.2, 0) is 19.6 Å². The van der Waals surface area contributed by atoms with E-state index in [2.05, 4.69) is 66.4 Å². The van der Waals surface area contributed by atoms with Crippen LogP contribution >= 0.6 is 0 Å². The number of hydrogen-bond acceptors (Lipinski definition) is 3. The quantitative estimate of drug-likeness (QED) is 0.845. The summed E-state index contributed by atoms with van der Waals surface area (Å²) in [5.41, 5.74) is 3.78. The summed E-state index contributed by atoms with van der Waals surface area (Å²) in [5.74, 6) is 0. The number of rotatable bonds is 7. The number of pyridine rings is 1. The van der Waals surface area contributed by atoms with E-state index in [1.165, 1.54) is 11.1 Å². The van der Waals surface area contributed by atoms with Gasteiger partial charge in [0.1, 0.15) is 0 Å². The molecule has 1 heterocycles. The van der Waals surface area contributed by atoms with Crippen molar-refractivity contribution in [3.8, 4) is 0 Å². The standard InChI is InChI=1S/C18H25N3/c1-15(2)20-12-16-7-9-17(10-8-16)13-21(3)14-18-6-4-5-11-19-18/h4-11,15,20H,12-14H2,1-3H3. The Morgan fingerprint density at radius 2 is 1.71 bits per heavy atom. The van der Waals surface area contributed by atoms with Gasteiger partial charge in [0.2, 0.25) is 0 Å². The minimum Gasteiger partial charge on any atom is -0.310 e. The van der Waals surface area contributed by atoms with E-state index in [1.807, 2.05) is 18.3 Å². The van der Waals surface area contributed by atoms with Gasteiger partial charge in [-0.1, -0.05) is 44.2 Å². The molecule has 0 saturated carbocycles. The molecule has 0 aliphatic heterocycles. The van der Waals surface area contributed by atoms with Crippen LogP contribution in [0.15, 0.2) is 48.7 Å². The SMILES string of the molecule is CC(C)NCc1ccc(CN(C)Cc2ccccn2)cc1. The van der Waals surface area contributed by atoms with Gasteiger partial charge in [0.05, 0.1) is 5.69 Å². The van der Waals surface area contributed by atoms with Crippen LogP contribution in [0.4, 0.5) is 0 Å². The zero-order valence-electron chi connectivity index (χ0n) is 13.2. The first kappa shape index (κ1) is 15.7. The third-order valence-corrected chi connectivity index (χ3v) is 3.35. The van der Waals surface area contributed by atoms with Gasteiger partial charge in [-0.15, -0.1) is 0 Å². The highest BCUT2D eigenvalue weighted by Gasteiger charge is 2.03. The largest absolute Gasteiger partial charge is 0.310 e. The van der Waals surface area contributed by atoms with E-state index in [0.29, 0.717) is 6.04 Å². The molecule has 3 nitrogen and oxygen atoms in total. The molecule has 112 valence electrons. The molecule has 0 saturated heterocycles. The lowest BCUT2D eigenvalue weighted by atomic mass is 10.1. The van der Waals surface area contributed by atoms with Crippen LogP contribution < -0.4 is 5.32 Å². The highest BCUT2D eigenvalue weighted by Crippen LogP contribution is 2.09. The third kappa shape index (κ3) is 5.66. The number of hydrogen-bond donors (Lipinski definition) is 1. The molecular formula is C18H25N3. The highest BCUT2D eigenvalue weighted by atomic mass is 15.1. The first-order valence-electron chi connectivity index (χ1n) is 7.53. The second-order valence-electron chi connectivity index (χ2n) is 5.85. The third-order valence-electron chi connectivity index (χ3n) is 3.35. The summed E-state index contributed by atoms with van der Waals surface area (Å²) in [6, 6.07) is 15.4. The molecule has 0 radical (unpaired) electrons. The molecule has 0 aliphatic rings. The predicted octanol–water partition coefficient (Wildman–Crippen LogP) is 3.21. The Balaban J connectivity index is 1.85. The number of aromatic nitrogens is 1. The van der Waals surface area contributed by atoms with Crippen LogP contribution in [-0.4, -0.2) is 23.0 Å². The Labute approximate surface area is 128 Å². The van der Waals surface area contributed by atoms with Gasteiger partial charge in [-0.05, 0) is 30.3 Å². The van der Waals surface area contributed by atoms with Gasteiger partial charge in [-0.3, -0.25) is 9.88 Å². The van der Waals surface area contributed by atoms with Crippen molar-refractivity contribution in [3.05, 3.63) is 65.5 Å². The van der Waals surface area contributed by atoms with E-state index in [4.69, 9.17) is 0 Å². The Bertz CT molecular complexity index is 520. The smallest absolute Gasteiger partial charge is 0.0543 e. The predicted molar refractivity (Wildman–Crippen MR) is 87.8 cm³/mol. The molecule has 1 N–H and O–H groups in total. The average molecular weight is 283 g/mol. The van der Waals surface area contributed by atoms with E-state index in [1.54, 1.807) is 0 Å². The summed E-state index contributed by atoms with van der Waals surface area (Å²) >= 11 is 0. The summed E-state index contributed by atoms with van der Waals surface area (Å²) < 4.78 is 0. The van der Waals surface area contributed by atoms with Crippen LogP contribution in [0, 0.1) is 0 Å². The van der Waals surface area contributed by atoms with Gasteiger partial charge in [0, 0.05) is 31.9 Å². The molecule has 1 aromatic carbocycles. The van der Waals surface area contributed by atoms with Crippen molar-refractivity contribution >= 4 is 0 Å². The first-order chi connectivity index (χ1) is 10.1. The van der Waals surface area contributed by atoms with E-state index < -0.39 is 0 Å². The Hall–Kier alpha value is -1.71. The Morgan fingerprint density at radius 1 is 1.00 bits per heavy atom. The van der Waals surface area contributed by atoms with Gasteiger partial charge in [-0.2, -0.15) is 0 Å². The molecule has 0 fully saturated rings. The minimum absolute atomic E-state index is 0.522. The van der Waals surface area contributed by atoms with Crippen molar-refractivity contribution in [2.24, 2.45) is 0 Å². The monoisotopic (exact) mass is 283 g/mol. The molecule has 3 heteroatoms. The lowest BCUT2D eigenvalue weighted by Gasteiger charge is -2.16. The number of nitrogens with zero attached hydrogens (tertiary/aromatic N) is 2. The molecule has 0 atom stereocenters. The second-order valence-corrected chi connectivity index (χ2v) is 5.85. The molecule has 0 bridgehead atoms. The molecule has 0 spiro atoms. The zero-order valence-corrected chi connectivity index (χ0v) is 13.2. The van der Waals surface area contributed by atoms with Crippen molar-refractivity contribution < 1.29 is 0 Å². The second kappa shape index (κ2) is 7.91. The Kier molecular flexibility index (Phi) is 5.90. The molecule has 0 amide bonds. The summed E-state index contributed by atoms with van der Waals surface area (Å²) in [4.78, 5) is 6.65. The van der Waals surface area contributed by atoms with Gasteiger partial charge >= 0.3 is 0 Å². The van der Waals surface area contributed by atoms with Crippen LogP contribution in [0.2, 0.25) is 0 Å². The fourth-order valence-electron chi connectivity index (χ4n) is 2.22. The average Bonchev–Trinajstić information content (AvgIpc) is 2.47. The van der Waals surface area contributed by atoms with Gasteiger partial charge < -0.3 is 5.32 Å². The van der Waals surface area contributed by atoms with Crippen LogP contribution in [0.5, 0.6) is 0 Å². The molecular weight excluding hydrogens is 258 g/mol. The van der Waals surface area contributed by atoms with Gasteiger partial charge in [0.25, 0.3) is 0 Å². The maximum Gasteiger partial charge on any atom is 0.0543 e. The molecule has 2 rings (SSSR count). The fraction of sp³-hybridized carbons (Fsp3) is 0.389. The van der Waals surface area contributed by atoms with E-state index in [9.17, 15) is 0 Å². The maximum absolute atomic E-state index is 4.37. The van der Waals surface area contributed by atoms with Crippen LogP contribution in [0.1, 0.15) is 30.7 Å². The van der Waals surface area contributed by atoms with E-state index in [-0.39, 0.29) is 0 Å². The molecule has 0 unspecified atom stereocenters. The van der Waals surface area contributed by atoms with Crippen molar-refractivity contribution in [1.29, 1.82) is 0 Å². The Morgan fingerprint density at radius 3 is 2.33 bits per heavy atom. The number of benzene rings is 1. The summed E-state index contributed by atoms with van der Waals surface area (Å²) in [6.45, 7) is 7.08. The van der Waals surface area contributed by atoms with Crippen molar-refractivity contribution in [2.75, 3.05) is 7.05 Å². The van der Waals surface area contributed by atoms with Crippen LogP contribution in [0.25, 0.3) is 0 Å². The molecule has 2 aromatic rings.